The second-order valence-corrected chi connectivity index (χ2v) is 4.22. The first-order valence-electron chi connectivity index (χ1n) is 4.75. The van der Waals surface area contributed by atoms with Gasteiger partial charge < -0.3 is 9.52 Å². The van der Waals surface area contributed by atoms with Crippen LogP contribution in [0.25, 0.3) is 0 Å². The highest BCUT2D eigenvalue weighted by Gasteiger charge is 2.12. The van der Waals surface area contributed by atoms with Gasteiger partial charge in [0.05, 0.1) is 11.5 Å². The van der Waals surface area contributed by atoms with Gasteiger partial charge in [-0.3, -0.25) is 4.79 Å². The second-order valence-electron chi connectivity index (χ2n) is 3.23. The molecule has 1 aromatic rings. The van der Waals surface area contributed by atoms with E-state index in [1.807, 2.05) is 13.8 Å². The summed E-state index contributed by atoms with van der Waals surface area (Å²) in [7, 11) is 0. The number of carboxylic acids is 1. The average molecular weight is 230 g/mol. The van der Waals surface area contributed by atoms with Crippen LogP contribution in [-0.2, 0) is 10.5 Å². The molecule has 0 spiro atoms. The summed E-state index contributed by atoms with van der Waals surface area (Å²) in [5, 5.41) is 16.2. The van der Waals surface area contributed by atoms with Gasteiger partial charge >= 0.3 is 5.97 Å². The third kappa shape index (κ3) is 3.91. The first kappa shape index (κ1) is 12.0. The first-order valence-corrected chi connectivity index (χ1v) is 5.90. The summed E-state index contributed by atoms with van der Waals surface area (Å²) >= 11 is 1.25. The lowest BCUT2D eigenvalue weighted by atomic mass is 10.1. The minimum absolute atomic E-state index is 0.0566. The van der Waals surface area contributed by atoms with Crippen LogP contribution in [0.15, 0.2) is 4.42 Å². The predicted molar refractivity (Wildman–Crippen MR) is 56.8 cm³/mol. The van der Waals surface area contributed by atoms with Crippen LogP contribution in [0, 0.1) is 0 Å². The van der Waals surface area contributed by atoms with Gasteiger partial charge in [0.15, 0.2) is 0 Å². The van der Waals surface area contributed by atoms with Crippen LogP contribution >= 0.6 is 11.8 Å². The number of rotatable bonds is 6. The number of hydrogen-bond donors (Lipinski definition) is 1. The summed E-state index contributed by atoms with van der Waals surface area (Å²) in [6.45, 7) is 4.06. The molecule has 1 N–H and O–H groups in total. The summed E-state index contributed by atoms with van der Waals surface area (Å²) < 4.78 is 5.38. The van der Waals surface area contributed by atoms with Crippen molar-refractivity contribution in [1.82, 2.24) is 10.2 Å². The van der Waals surface area contributed by atoms with Crippen molar-refractivity contribution in [3.8, 4) is 0 Å². The molecule has 1 heterocycles. The van der Waals surface area contributed by atoms with Crippen LogP contribution in [0.4, 0.5) is 0 Å². The summed E-state index contributed by atoms with van der Waals surface area (Å²) in [5.74, 6) is 1.06. The van der Waals surface area contributed by atoms with Crippen LogP contribution in [-0.4, -0.2) is 27.0 Å². The van der Waals surface area contributed by atoms with Crippen molar-refractivity contribution >= 4 is 17.7 Å². The zero-order valence-electron chi connectivity index (χ0n) is 8.77. The maximum atomic E-state index is 10.3. The Hall–Kier alpha value is -1.04. The number of thioether (sulfide) groups is 1. The Bertz CT molecular complexity index is 327. The summed E-state index contributed by atoms with van der Waals surface area (Å²) in [5.41, 5.74) is 0. The van der Waals surface area contributed by atoms with Crippen LogP contribution in [0.1, 0.15) is 38.0 Å². The van der Waals surface area contributed by atoms with E-state index < -0.39 is 5.97 Å². The Morgan fingerprint density at radius 2 is 2.33 bits per heavy atom. The average Bonchev–Trinajstić information content (AvgIpc) is 2.65. The van der Waals surface area contributed by atoms with E-state index >= 15 is 0 Å². The van der Waals surface area contributed by atoms with E-state index in [4.69, 9.17) is 9.52 Å². The molecular formula is C9H14N2O3S. The lowest BCUT2D eigenvalue weighted by Gasteiger charge is -1.99. The molecule has 0 aromatic carbocycles. The van der Waals surface area contributed by atoms with Crippen molar-refractivity contribution in [2.45, 2.75) is 31.9 Å². The molecule has 1 aromatic heterocycles. The van der Waals surface area contributed by atoms with E-state index in [0.717, 1.165) is 6.42 Å². The molecule has 0 amide bonds. The molecule has 0 radical (unpaired) electrons. The van der Waals surface area contributed by atoms with E-state index in [1.165, 1.54) is 11.8 Å². The van der Waals surface area contributed by atoms with E-state index in [-0.39, 0.29) is 11.7 Å². The summed E-state index contributed by atoms with van der Waals surface area (Å²) in [6, 6.07) is 0. The van der Waals surface area contributed by atoms with Crippen molar-refractivity contribution < 1.29 is 14.3 Å². The molecule has 5 nitrogen and oxygen atoms in total. The maximum Gasteiger partial charge on any atom is 0.313 e. The maximum absolute atomic E-state index is 10.3. The number of nitrogens with zero attached hydrogens (tertiary/aromatic N) is 2. The SMILES string of the molecule is CC[C@H](C)c1nnc(CSCC(=O)O)o1. The zero-order chi connectivity index (χ0) is 11.3. The number of hydrogen-bond acceptors (Lipinski definition) is 5. The third-order valence-electron chi connectivity index (χ3n) is 1.97. The van der Waals surface area contributed by atoms with Crippen molar-refractivity contribution in [2.24, 2.45) is 0 Å². The molecule has 0 bridgehead atoms. The van der Waals surface area contributed by atoms with E-state index in [9.17, 15) is 4.79 Å². The highest BCUT2D eigenvalue weighted by Crippen LogP contribution is 2.18. The van der Waals surface area contributed by atoms with E-state index in [1.54, 1.807) is 0 Å². The predicted octanol–water partition coefficient (Wildman–Crippen LogP) is 1.90. The van der Waals surface area contributed by atoms with E-state index in [2.05, 4.69) is 10.2 Å². The van der Waals surface area contributed by atoms with Crippen molar-refractivity contribution in [2.75, 3.05) is 5.75 Å². The fraction of sp³-hybridized carbons (Fsp3) is 0.667. The molecule has 0 aliphatic carbocycles. The number of aromatic nitrogens is 2. The fourth-order valence-electron chi connectivity index (χ4n) is 0.924. The molecular weight excluding hydrogens is 216 g/mol. The molecule has 0 fully saturated rings. The topological polar surface area (TPSA) is 76.2 Å². The molecule has 0 aliphatic rings. The van der Waals surface area contributed by atoms with Gasteiger partial charge in [0.1, 0.15) is 0 Å². The third-order valence-corrected chi connectivity index (χ3v) is 2.87. The molecule has 84 valence electrons. The second kappa shape index (κ2) is 5.75. The largest absolute Gasteiger partial charge is 0.481 e. The Morgan fingerprint density at radius 1 is 1.60 bits per heavy atom. The standard InChI is InChI=1S/C9H14N2O3S/c1-3-6(2)9-11-10-7(14-9)4-15-5-8(12)13/h6H,3-5H2,1-2H3,(H,12,13)/t6-/m0/s1. The smallest absolute Gasteiger partial charge is 0.313 e. The lowest BCUT2D eigenvalue weighted by Crippen LogP contribution is -1.98. The lowest BCUT2D eigenvalue weighted by molar-refractivity contribution is -0.133. The van der Waals surface area contributed by atoms with Crippen molar-refractivity contribution in [3.05, 3.63) is 11.8 Å². The van der Waals surface area contributed by atoms with Gasteiger partial charge in [0.2, 0.25) is 11.8 Å². The zero-order valence-corrected chi connectivity index (χ0v) is 9.58. The monoisotopic (exact) mass is 230 g/mol. The van der Waals surface area contributed by atoms with Gasteiger partial charge in [-0.15, -0.1) is 22.0 Å². The van der Waals surface area contributed by atoms with Crippen LogP contribution in [0.3, 0.4) is 0 Å². The van der Waals surface area contributed by atoms with Crippen LogP contribution in [0.2, 0.25) is 0 Å². The van der Waals surface area contributed by atoms with Gasteiger partial charge in [-0.05, 0) is 6.42 Å². The minimum Gasteiger partial charge on any atom is -0.481 e. The van der Waals surface area contributed by atoms with Crippen LogP contribution in [0.5, 0.6) is 0 Å². The molecule has 0 aliphatic heterocycles. The fourth-order valence-corrected chi connectivity index (χ4v) is 1.49. The highest BCUT2D eigenvalue weighted by atomic mass is 32.2. The quantitative estimate of drug-likeness (QED) is 0.804. The molecule has 1 atom stereocenters. The summed E-state index contributed by atoms with van der Waals surface area (Å²) in [6.07, 6.45) is 0.948. The Morgan fingerprint density at radius 3 is 2.93 bits per heavy atom. The normalized spacial score (nSPS) is 12.7. The van der Waals surface area contributed by atoms with Crippen LogP contribution < -0.4 is 0 Å². The minimum atomic E-state index is -0.832. The van der Waals surface area contributed by atoms with Gasteiger partial charge in [-0.2, -0.15) is 0 Å². The number of carboxylic acid groups (broad SMARTS) is 1. The Labute approximate surface area is 92.3 Å². The Balaban J connectivity index is 2.42. The van der Waals surface area contributed by atoms with Crippen molar-refractivity contribution in [1.29, 1.82) is 0 Å². The van der Waals surface area contributed by atoms with Gasteiger partial charge in [0.25, 0.3) is 0 Å². The first-order chi connectivity index (χ1) is 7.13. The molecule has 0 saturated heterocycles. The van der Waals surface area contributed by atoms with Gasteiger partial charge in [-0.25, -0.2) is 0 Å². The Kier molecular flexibility index (Phi) is 4.61. The van der Waals surface area contributed by atoms with Crippen molar-refractivity contribution in [3.63, 3.8) is 0 Å². The molecule has 15 heavy (non-hydrogen) atoms. The molecule has 0 saturated carbocycles. The van der Waals surface area contributed by atoms with E-state index in [0.29, 0.717) is 17.5 Å². The number of carbonyl (C=O) groups is 1. The molecule has 6 heteroatoms. The number of aliphatic carboxylic acids is 1. The van der Waals surface area contributed by atoms with Gasteiger partial charge in [0, 0.05) is 5.92 Å². The highest BCUT2D eigenvalue weighted by molar-refractivity contribution is 7.99. The van der Waals surface area contributed by atoms with Gasteiger partial charge in [-0.1, -0.05) is 13.8 Å². The summed E-state index contributed by atoms with van der Waals surface area (Å²) in [4.78, 5) is 10.3. The molecule has 0 unspecified atom stereocenters. The molecule has 1 rings (SSSR count).